The van der Waals surface area contributed by atoms with Crippen molar-refractivity contribution < 1.29 is 9.21 Å². The van der Waals surface area contributed by atoms with Crippen LogP contribution < -0.4 is 5.32 Å². The summed E-state index contributed by atoms with van der Waals surface area (Å²) < 4.78 is 5.19. The number of nitrogens with one attached hydrogen (secondary N) is 1. The van der Waals surface area contributed by atoms with Crippen molar-refractivity contribution in [3.05, 3.63) is 102 Å². The quantitative estimate of drug-likeness (QED) is 0.718. The number of rotatable bonds is 5. The number of amides is 1. The monoisotopic (exact) mass is 303 g/mol. The first-order valence-corrected chi connectivity index (χ1v) is 7.45. The summed E-state index contributed by atoms with van der Waals surface area (Å²) in [5.74, 6) is 0.482. The van der Waals surface area contributed by atoms with Gasteiger partial charge in [0.25, 0.3) is 0 Å². The fourth-order valence-corrected chi connectivity index (χ4v) is 2.38. The molecule has 0 unspecified atom stereocenters. The molecule has 3 aromatic rings. The molecular formula is C20H17NO2. The fraction of sp³-hybridized carbons (Fsp3) is 0.0500. The lowest BCUT2D eigenvalue weighted by atomic mass is 9.99. The maximum absolute atomic E-state index is 12.3. The van der Waals surface area contributed by atoms with Crippen LogP contribution in [0.25, 0.3) is 6.08 Å². The first kappa shape index (κ1) is 14.9. The zero-order chi connectivity index (χ0) is 15.9. The summed E-state index contributed by atoms with van der Waals surface area (Å²) in [6.07, 6.45) is 4.72. The minimum Gasteiger partial charge on any atom is -0.465 e. The van der Waals surface area contributed by atoms with E-state index in [1.165, 1.54) is 6.08 Å². The smallest absolute Gasteiger partial charge is 0.244 e. The van der Waals surface area contributed by atoms with Crippen molar-refractivity contribution in [1.82, 2.24) is 5.32 Å². The molecule has 0 saturated carbocycles. The van der Waals surface area contributed by atoms with Crippen LogP contribution in [0.3, 0.4) is 0 Å². The van der Waals surface area contributed by atoms with Gasteiger partial charge in [-0.15, -0.1) is 0 Å². The second kappa shape index (κ2) is 7.27. The number of carbonyl (C=O) groups excluding carboxylic acids is 1. The number of hydrogen-bond donors (Lipinski definition) is 1. The lowest BCUT2D eigenvalue weighted by molar-refractivity contribution is -0.116. The molecule has 0 aliphatic heterocycles. The second-order valence-electron chi connectivity index (χ2n) is 5.11. The predicted molar refractivity (Wildman–Crippen MR) is 90.6 cm³/mol. The van der Waals surface area contributed by atoms with Crippen molar-refractivity contribution in [3.63, 3.8) is 0 Å². The molecule has 23 heavy (non-hydrogen) atoms. The van der Waals surface area contributed by atoms with E-state index in [1.54, 1.807) is 24.5 Å². The van der Waals surface area contributed by atoms with Crippen LogP contribution in [-0.4, -0.2) is 5.91 Å². The van der Waals surface area contributed by atoms with Crippen LogP contribution in [0.1, 0.15) is 22.9 Å². The Bertz CT molecular complexity index is 722. The molecule has 0 bridgehead atoms. The van der Waals surface area contributed by atoms with Crippen molar-refractivity contribution in [1.29, 1.82) is 0 Å². The van der Waals surface area contributed by atoms with Gasteiger partial charge in [-0.25, -0.2) is 0 Å². The summed E-state index contributed by atoms with van der Waals surface area (Å²) >= 11 is 0. The van der Waals surface area contributed by atoms with E-state index in [9.17, 15) is 4.79 Å². The maximum atomic E-state index is 12.3. The molecule has 0 radical (unpaired) electrons. The van der Waals surface area contributed by atoms with Gasteiger partial charge < -0.3 is 9.73 Å². The van der Waals surface area contributed by atoms with Gasteiger partial charge in [0.1, 0.15) is 5.76 Å². The molecule has 0 aliphatic rings. The molecule has 3 rings (SSSR count). The number of carbonyl (C=O) groups is 1. The van der Waals surface area contributed by atoms with Crippen LogP contribution in [-0.2, 0) is 4.79 Å². The van der Waals surface area contributed by atoms with Crippen LogP contribution in [0.5, 0.6) is 0 Å². The highest BCUT2D eigenvalue weighted by Crippen LogP contribution is 2.21. The van der Waals surface area contributed by atoms with Crippen LogP contribution in [0.15, 0.2) is 89.6 Å². The summed E-state index contributed by atoms with van der Waals surface area (Å²) in [6.45, 7) is 0. The Morgan fingerprint density at radius 1 is 0.870 bits per heavy atom. The van der Waals surface area contributed by atoms with Crippen molar-refractivity contribution in [2.75, 3.05) is 0 Å². The van der Waals surface area contributed by atoms with Crippen LogP contribution in [0.4, 0.5) is 0 Å². The summed E-state index contributed by atoms with van der Waals surface area (Å²) in [5, 5.41) is 3.04. The van der Waals surface area contributed by atoms with Gasteiger partial charge in [0.15, 0.2) is 0 Å². The minimum atomic E-state index is -0.189. The highest BCUT2D eigenvalue weighted by molar-refractivity contribution is 5.91. The average molecular weight is 303 g/mol. The van der Waals surface area contributed by atoms with E-state index >= 15 is 0 Å². The molecule has 0 spiro atoms. The standard InChI is InChI=1S/C20H17NO2/c22-19(14-13-18-12-7-15-23-18)21-20(16-8-3-1-4-9-16)17-10-5-2-6-11-17/h1-15,20H,(H,21,22)/b14-13+. The summed E-state index contributed by atoms with van der Waals surface area (Å²) in [4.78, 5) is 12.3. The molecule has 2 aromatic carbocycles. The lowest BCUT2D eigenvalue weighted by Crippen LogP contribution is -2.27. The SMILES string of the molecule is O=C(/C=C/c1ccco1)NC(c1ccccc1)c1ccccc1. The Labute approximate surface area is 135 Å². The van der Waals surface area contributed by atoms with Gasteiger partial charge in [-0.1, -0.05) is 60.7 Å². The Balaban J connectivity index is 1.80. The van der Waals surface area contributed by atoms with E-state index in [-0.39, 0.29) is 11.9 Å². The third-order valence-corrected chi connectivity index (χ3v) is 3.49. The van der Waals surface area contributed by atoms with E-state index in [0.29, 0.717) is 5.76 Å². The first-order valence-electron chi connectivity index (χ1n) is 7.45. The van der Waals surface area contributed by atoms with Crippen LogP contribution >= 0.6 is 0 Å². The third kappa shape index (κ3) is 3.98. The topological polar surface area (TPSA) is 42.2 Å². The van der Waals surface area contributed by atoms with Gasteiger partial charge in [0.05, 0.1) is 12.3 Å². The van der Waals surface area contributed by atoms with E-state index < -0.39 is 0 Å². The first-order chi connectivity index (χ1) is 11.3. The Kier molecular flexibility index (Phi) is 4.69. The van der Waals surface area contributed by atoms with Gasteiger partial charge in [-0.2, -0.15) is 0 Å². The zero-order valence-corrected chi connectivity index (χ0v) is 12.6. The largest absolute Gasteiger partial charge is 0.465 e. The van der Waals surface area contributed by atoms with E-state index in [4.69, 9.17) is 4.42 Å². The molecule has 1 N–H and O–H groups in total. The maximum Gasteiger partial charge on any atom is 0.244 e. The van der Waals surface area contributed by atoms with Crippen LogP contribution in [0, 0.1) is 0 Å². The lowest BCUT2D eigenvalue weighted by Gasteiger charge is -2.19. The number of benzene rings is 2. The van der Waals surface area contributed by atoms with Crippen molar-refractivity contribution in [2.45, 2.75) is 6.04 Å². The van der Waals surface area contributed by atoms with E-state index in [2.05, 4.69) is 5.32 Å². The molecule has 114 valence electrons. The highest BCUT2D eigenvalue weighted by Gasteiger charge is 2.15. The van der Waals surface area contributed by atoms with E-state index in [1.807, 2.05) is 60.7 Å². The van der Waals surface area contributed by atoms with E-state index in [0.717, 1.165) is 11.1 Å². The average Bonchev–Trinajstić information content (AvgIpc) is 3.13. The molecule has 1 aromatic heterocycles. The number of hydrogen-bond acceptors (Lipinski definition) is 2. The van der Waals surface area contributed by atoms with Crippen molar-refractivity contribution >= 4 is 12.0 Å². The zero-order valence-electron chi connectivity index (χ0n) is 12.6. The molecule has 0 atom stereocenters. The Morgan fingerprint density at radius 2 is 1.48 bits per heavy atom. The molecule has 3 heteroatoms. The van der Waals surface area contributed by atoms with Gasteiger partial charge in [0, 0.05) is 6.08 Å². The molecule has 3 nitrogen and oxygen atoms in total. The normalized spacial score (nSPS) is 11.0. The Hall–Kier alpha value is -3.07. The number of furan rings is 1. The van der Waals surface area contributed by atoms with Crippen molar-refractivity contribution in [2.24, 2.45) is 0 Å². The third-order valence-electron chi connectivity index (χ3n) is 3.49. The second-order valence-corrected chi connectivity index (χ2v) is 5.11. The molecule has 1 amide bonds. The highest BCUT2D eigenvalue weighted by atomic mass is 16.3. The van der Waals surface area contributed by atoms with Gasteiger partial charge in [0.2, 0.25) is 5.91 Å². The van der Waals surface area contributed by atoms with Crippen LogP contribution in [0.2, 0.25) is 0 Å². The molecule has 0 fully saturated rings. The summed E-state index contributed by atoms with van der Waals surface area (Å²) in [5.41, 5.74) is 2.08. The molecule has 0 saturated heterocycles. The summed E-state index contributed by atoms with van der Waals surface area (Å²) in [6, 6.07) is 23.2. The van der Waals surface area contributed by atoms with Gasteiger partial charge in [-0.3, -0.25) is 4.79 Å². The summed E-state index contributed by atoms with van der Waals surface area (Å²) in [7, 11) is 0. The van der Waals surface area contributed by atoms with Crippen molar-refractivity contribution in [3.8, 4) is 0 Å². The molecule has 1 heterocycles. The Morgan fingerprint density at radius 3 is 2.00 bits per heavy atom. The molecule has 0 aliphatic carbocycles. The van der Waals surface area contributed by atoms with Gasteiger partial charge in [-0.05, 0) is 29.3 Å². The fourth-order valence-electron chi connectivity index (χ4n) is 2.38. The minimum absolute atomic E-state index is 0.167. The molecular weight excluding hydrogens is 286 g/mol. The van der Waals surface area contributed by atoms with Gasteiger partial charge >= 0.3 is 0 Å². The predicted octanol–water partition coefficient (Wildman–Crippen LogP) is 4.20.